The molecule has 2 rings (SSSR count). The standard InChI is InChI=1S/C15H21FN2O2/c1-10-8-11(6-7-17-10)15(19)18(2)12-4-5-14(20-3)13(16)9-12/h4-5,9-11,17H,6-8H2,1-3H3/t10-,11-/m0/s1. The number of hydrogen-bond donors (Lipinski definition) is 1. The number of carbonyl (C=O) groups is 1. The molecule has 0 radical (unpaired) electrons. The highest BCUT2D eigenvalue weighted by molar-refractivity contribution is 5.94. The number of benzene rings is 1. The molecular weight excluding hydrogens is 259 g/mol. The molecule has 20 heavy (non-hydrogen) atoms. The number of ether oxygens (including phenoxy) is 1. The Labute approximate surface area is 118 Å². The number of nitrogens with zero attached hydrogens (tertiary/aromatic N) is 1. The van der Waals surface area contributed by atoms with E-state index in [0.717, 1.165) is 19.4 Å². The van der Waals surface area contributed by atoms with E-state index in [1.54, 1.807) is 19.2 Å². The zero-order valence-electron chi connectivity index (χ0n) is 12.1. The molecule has 1 aliphatic heterocycles. The molecule has 1 aromatic rings. The van der Waals surface area contributed by atoms with Crippen LogP contribution in [0.25, 0.3) is 0 Å². The van der Waals surface area contributed by atoms with E-state index in [9.17, 15) is 9.18 Å². The summed E-state index contributed by atoms with van der Waals surface area (Å²) in [5.74, 6) is -0.224. The Bertz CT molecular complexity index is 493. The maximum Gasteiger partial charge on any atom is 0.229 e. The van der Waals surface area contributed by atoms with Gasteiger partial charge in [0.15, 0.2) is 11.6 Å². The Morgan fingerprint density at radius 2 is 2.25 bits per heavy atom. The molecule has 1 aliphatic rings. The lowest BCUT2D eigenvalue weighted by molar-refractivity contribution is -0.123. The van der Waals surface area contributed by atoms with E-state index in [1.165, 1.54) is 18.1 Å². The highest BCUT2D eigenvalue weighted by Crippen LogP contribution is 2.26. The molecule has 4 nitrogen and oxygen atoms in total. The SMILES string of the molecule is COc1ccc(N(C)C(=O)[C@H]2CCN[C@@H](C)C2)cc1F. The lowest BCUT2D eigenvalue weighted by Crippen LogP contribution is -2.43. The highest BCUT2D eigenvalue weighted by atomic mass is 19.1. The van der Waals surface area contributed by atoms with Crippen molar-refractivity contribution >= 4 is 11.6 Å². The minimum Gasteiger partial charge on any atom is -0.494 e. The molecule has 0 aliphatic carbocycles. The predicted molar refractivity (Wildman–Crippen MR) is 76.6 cm³/mol. The van der Waals surface area contributed by atoms with Crippen molar-refractivity contribution in [2.45, 2.75) is 25.8 Å². The van der Waals surface area contributed by atoms with E-state index in [0.29, 0.717) is 11.7 Å². The van der Waals surface area contributed by atoms with Gasteiger partial charge in [-0.15, -0.1) is 0 Å². The molecule has 0 aromatic heterocycles. The summed E-state index contributed by atoms with van der Waals surface area (Å²) in [6.07, 6.45) is 1.65. The van der Waals surface area contributed by atoms with E-state index >= 15 is 0 Å². The summed E-state index contributed by atoms with van der Waals surface area (Å²) in [4.78, 5) is 14.0. The normalized spacial score (nSPS) is 22.4. The van der Waals surface area contributed by atoms with Gasteiger partial charge in [-0.1, -0.05) is 0 Å². The van der Waals surface area contributed by atoms with Gasteiger partial charge in [0.1, 0.15) is 0 Å². The molecule has 110 valence electrons. The van der Waals surface area contributed by atoms with Gasteiger partial charge < -0.3 is 15.0 Å². The fourth-order valence-electron chi connectivity index (χ4n) is 2.62. The van der Waals surface area contributed by atoms with Crippen LogP contribution in [0.5, 0.6) is 5.75 Å². The summed E-state index contributed by atoms with van der Waals surface area (Å²) in [6, 6.07) is 4.92. The average molecular weight is 280 g/mol. The van der Waals surface area contributed by atoms with Crippen LogP contribution in [0.15, 0.2) is 18.2 Å². The Kier molecular flexibility index (Phi) is 4.60. The van der Waals surface area contributed by atoms with Crippen LogP contribution < -0.4 is 15.0 Å². The van der Waals surface area contributed by atoms with Crippen LogP contribution in [-0.2, 0) is 4.79 Å². The number of methoxy groups -OCH3 is 1. The first kappa shape index (κ1) is 14.8. The van der Waals surface area contributed by atoms with Crippen LogP contribution >= 0.6 is 0 Å². The van der Waals surface area contributed by atoms with Crippen LogP contribution in [-0.4, -0.2) is 32.7 Å². The van der Waals surface area contributed by atoms with Gasteiger partial charge in [0, 0.05) is 30.8 Å². The highest BCUT2D eigenvalue weighted by Gasteiger charge is 2.27. The van der Waals surface area contributed by atoms with Gasteiger partial charge in [0.2, 0.25) is 5.91 Å². The maximum atomic E-state index is 13.7. The fourth-order valence-corrected chi connectivity index (χ4v) is 2.62. The Morgan fingerprint density at radius 3 is 2.85 bits per heavy atom. The van der Waals surface area contributed by atoms with Gasteiger partial charge in [-0.2, -0.15) is 0 Å². The van der Waals surface area contributed by atoms with Crippen molar-refractivity contribution in [3.8, 4) is 5.75 Å². The third-order valence-corrected chi connectivity index (χ3v) is 3.83. The number of carbonyl (C=O) groups excluding carboxylic acids is 1. The second kappa shape index (κ2) is 6.22. The van der Waals surface area contributed by atoms with E-state index in [-0.39, 0.29) is 17.6 Å². The summed E-state index contributed by atoms with van der Waals surface area (Å²) >= 11 is 0. The van der Waals surface area contributed by atoms with Gasteiger partial charge in [0.25, 0.3) is 0 Å². The van der Waals surface area contributed by atoms with Crippen molar-refractivity contribution in [1.82, 2.24) is 5.32 Å². The zero-order chi connectivity index (χ0) is 14.7. The van der Waals surface area contributed by atoms with Crippen molar-refractivity contribution in [2.24, 2.45) is 5.92 Å². The first-order valence-corrected chi connectivity index (χ1v) is 6.87. The van der Waals surface area contributed by atoms with Gasteiger partial charge >= 0.3 is 0 Å². The molecule has 0 spiro atoms. The van der Waals surface area contributed by atoms with E-state index in [1.807, 2.05) is 0 Å². The van der Waals surface area contributed by atoms with Crippen molar-refractivity contribution in [2.75, 3.05) is 25.6 Å². The van der Waals surface area contributed by atoms with Crippen molar-refractivity contribution < 1.29 is 13.9 Å². The number of nitrogens with one attached hydrogen (secondary N) is 1. The summed E-state index contributed by atoms with van der Waals surface area (Å²) < 4.78 is 18.6. The predicted octanol–water partition coefficient (Wildman–Crippen LogP) is 2.19. The largest absolute Gasteiger partial charge is 0.494 e. The van der Waals surface area contributed by atoms with Crippen LogP contribution in [0.4, 0.5) is 10.1 Å². The summed E-state index contributed by atoms with van der Waals surface area (Å²) in [6.45, 7) is 2.93. The summed E-state index contributed by atoms with van der Waals surface area (Å²) in [5, 5.41) is 3.32. The van der Waals surface area contributed by atoms with Crippen LogP contribution in [0, 0.1) is 11.7 Å². The Balaban J connectivity index is 2.11. The third kappa shape index (κ3) is 3.10. The van der Waals surface area contributed by atoms with Crippen LogP contribution in [0.2, 0.25) is 0 Å². The van der Waals surface area contributed by atoms with Gasteiger partial charge in [-0.3, -0.25) is 4.79 Å². The molecular formula is C15H21FN2O2. The number of halogens is 1. The van der Waals surface area contributed by atoms with Crippen LogP contribution in [0.1, 0.15) is 19.8 Å². The minimum atomic E-state index is -0.455. The maximum absolute atomic E-state index is 13.7. The molecule has 1 heterocycles. The molecule has 0 bridgehead atoms. The van der Waals surface area contributed by atoms with Gasteiger partial charge in [0.05, 0.1) is 7.11 Å². The first-order chi connectivity index (χ1) is 9.52. The molecule has 5 heteroatoms. The monoisotopic (exact) mass is 280 g/mol. The molecule has 1 saturated heterocycles. The molecule has 0 unspecified atom stereocenters. The smallest absolute Gasteiger partial charge is 0.229 e. The Morgan fingerprint density at radius 1 is 1.50 bits per heavy atom. The molecule has 1 aromatic carbocycles. The van der Waals surface area contributed by atoms with E-state index in [2.05, 4.69) is 12.2 Å². The average Bonchev–Trinajstić information content (AvgIpc) is 2.45. The van der Waals surface area contributed by atoms with Crippen molar-refractivity contribution in [1.29, 1.82) is 0 Å². The number of amides is 1. The summed E-state index contributed by atoms with van der Waals surface area (Å²) in [5.41, 5.74) is 0.555. The second-order valence-corrected chi connectivity index (χ2v) is 5.29. The molecule has 0 saturated carbocycles. The number of anilines is 1. The van der Waals surface area contributed by atoms with Gasteiger partial charge in [-0.05, 0) is 38.4 Å². The van der Waals surface area contributed by atoms with Crippen molar-refractivity contribution in [3.63, 3.8) is 0 Å². The summed E-state index contributed by atoms with van der Waals surface area (Å²) in [7, 11) is 3.11. The van der Waals surface area contributed by atoms with Gasteiger partial charge in [-0.25, -0.2) is 4.39 Å². The lowest BCUT2D eigenvalue weighted by Gasteiger charge is -2.30. The molecule has 1 N–H and O–H groups in total. The minimum absolute atomic E-state index is 0.00131. The first-order valence-electron chi connectivity index (χ1n) is 6.87. The number of rotatable bonds is 3. The second-order valence-electron chi connectivity index (χ2n) is 5.29. The number of hydrogen-bond acceptors (Lipinski definition) is 3. The fraction of sp³-hybridized carbons (Fsp3) is 0.533. The third-order valence-electron chi connectivity index (χ3n) is 3.83. The van der Waals surface area contributed by atoms with Crippen molar-refractivity contribution in [3.05, 3.63) is 24.0 Å². The molecule has 1 fully saturated rings. The topological polar surface area (TPSA) is 41.6 Å². The Hall–Kier alpha value is -1.62. The van der Waals surface area contributed by atoms with E-state index in [4.69, 9.17) is 4.74 Å². The quantitative estimate of drug-likeness (QED) is 0.922. The van der Waals surface area contributed by atoms with E-state index < -0.39 is 5.82 Å². The number of piperidine rings is 1. The molecule has 2 atom stereocenters. The lowest BCUT2D eigenvalue weighted by atomic mass is 9.92. The zero-order valence-corrected chi connectivity index (χ0v) is 12.1. The van der Waals surface area contributed by atoms with Crippen LogP contribution in [0.3, 0.4) is 0 Å². The molecule has 1 amide bonds.